The summed E-state index contributed by atoms with van der Waals surface area (Å²) < 4.78 is 69.1. The van der Waals surface area contributed by atoms with Crippen LogP contribution in [0.4, 0.5) is 13.2 Å². The van der Waals surface area contributed by atoms with Gasteiger partial charge in [-0.05, 0) is 66.6 Å². The Labute approximate surface area is 184 Å². The molecular formula is C22H19F3N2O2S2. The molecule has 0 saturated carbocycles. The van der Waals surface area contributed by atoms with Gasteiger partial charge in [-0.15, -0.1) is 0 Å². The molecule has 0 amide bonds. The molecule has 0 aliphatic heterocycles. The minimum absolute atomic E-state index is 0.166. The molecule has 2 aromatic carbocycles. The lowest BCUT2D eigenvalue weighted by atomic mass is 10.0. The van der Waals surface area contributed by atoms with E-state index in [0.717, 1.165) is 42.5 Å². The maximum absolute atomic E-state index is 14.7. The Morgan fingerprint density at radius 1 is 0.968 bits per heavy atom. The van der Waals surface area contributed by atoms with Gasteiger partial charge in [-0.3, -0.25) is 4.98 Å². The van der Waals surface area contributed by atoms with Gasteiger partial charge in [0, 0.05) is 25.9 Å². The van der Waals surface area contributed by atoms with Gasteiger partial charge >= 0.3 is 0 Å². The molecule has 3 aromatic rings. The molecular weight excluding hydrogens is 445 g/mol. The van der Waals surface area contributed by atoms with Gasteiger partial charge in [0.1, 0.15) is 27.7 Å². The molecule has 1 unspecified atom stereocenters. The van der Waals surface area contributed by atoms with E-state index in [0.29, 0.717) is 16.2 Å². The van der Waals surface area contributed by atoms with Gasteiger partial charge in [-0.1, -0.05) is 12.2 Å². The van der Waals surface area contributed by atoms with Gasteiger partial charge in [0.15, 0.2) is 9.84 Å². The Bertz CT molecular complexity index is 1240. The molecule has 0 aliphatic rings. The Hall–Kier alpha value is -2.78. The van der Waals surface area contributed by atoms with Gasteiger partial charge in [0.2, 0.25) is 0 Å². The SMILES string of the molecule is Cc1cc(C(=S)N(C)C)ncc1C(c1cc(F)ccc1F)S(=O)(=O)c1ccc(F)cc1. The first kappa shape index (κ1) is 22.9. The van der Waals surface area contributed by atoms with Gasteiger partial charge in [0.05, 0.1) is 10.6 Å². The van der Waals surface area contributed by atoms with Crippen LogP contribution in [-0.4, -0.2) is 37.4 Å². The van der Waals surface area contributed by atoms with E-state index in [4.69, 9.17) is 12.2 Å². The maximum atomic E-state index is 14.7. The fraction of sp³-hybridized carbons (Fsp3) is 0.182. The van der Waals surface area contributed by atoms with Crippen molar-refractivity contribution in [2.75, 3.05) is 14.1 Å². The fourth-order valence-corrected chi connectivity index (χ4v) is 5.16. The van der Waals surface area contributed by atoms with Crippen LogP contribution < -0.4 is 0 Å². The van der Waals surface area contributed by atoms with Gasteiger partial charge < -0.3 is 4.90 Å². The number of hydrogen-bond donors (Lipinski definition) is 0. The van der Waals surface area contributed by atoms with Gasteiger partial charge in [0.25, 0.3) is 0 Å². The van der Waals surface area contributed by atoms with Crippen molar-refractivity contribution in [3.05, 3.63) is 94.6 Å². The summed E-state index contributed by atoms with van der Waals surface area (Å²) >= 11 is 5.31. The van der Waals surface area contributed by atoms with E-state index >= 15 is 0 Å². The highest BCUT2D eigenvalue weighted by molar-refractivity contribution is 7.92. The van der Waals surface area contributed by atoms with E-state index in [-0.39, 0.29) is 16.0 Å². The van der Waals surface area contributed by atoms with E-state index in [1.54, 1.807) is 32.0 Å². The molecule has 162 valence electrons. The van der Waals surface area contributed by atoms with Crippen molar-refractivity contribution in [1.82, 2.24) is 9.88 Å². The smallest absolute Gasteiger partial charge is 0.189 e. The summed E-state index contributed by atoms with van der Waals surface area (Å²) in [5.41, 5.74) is 0.726. The van der Waals surface area contributed by atoms with E-state index in [9.17, 15) is 21.6 Å². The number of nitrogens with zero attached hydrogens (tertiary/aromatic N) is 2. The average molecular weight is 465 g/mol. The Morgan fingerprint density at radius 3 is 2.16 bits per heavy atom. The zero-order valence-electron chi connectivity index (χ0n) is 16.9. The quantitative estimate of drug-likeness (QED) is 0.408. The fourth-order valence-electron chi connectivity index (χ4n) is 3.16. The van der Waals surface area contributed by atoms with Crippen molar-refractivity contribution < 1.29 is 21.6 Å². The third-order valence-corrected chi connectivity index (χ3v) is 7.38. The second kappa shape index (κ2) is 8.76. The van der Waals surface area contributed by atoms with Crippen LogP contribution in [-0.2, 0) is 9.84 Å². The first-order chi connectivity index (χ1) is 14.5. The predicted octanol–water partition coefficient (Wildman–Crippen LogP) is 4.61. The minimum Gasteiger partial charge on any atom is -0.367 e. The largest absolute Gasteiger partial charge is 0.367 e. The van der Waals surface area contributed by atoms with Crippen molar-refractivity contribution in [1.29, 1.82) is 0 Å². The van der Waals surface area contributed by atoms with Crippen LogP contribution in [0.15, 0.2) is 59.6 Å². The minimum atomic E-state index is -4.29. The van der Waals surface area contributed by atoms with Crippen molar-refractivity contribution in [2.24, 2.45) is 0 Å². The molecule has 1 atom stereocenters. The van der Waals surface area contributed by atoms with Crippen LogP contribution in [0.25, 0.3) is 0 Å². The number of aromatic nitrogens is 1. The lowest BCUT2D eigenvalue weighted by Gasteiger charge is -2.22. The third kappa shape index (κ3) is 4.62. The molecule has 31 heavy (non-hydrogen) atoms. The number of hydrogen-bond acceptors (Lipinski definition) is 4. The second-order valence-electron chi connectivity index (χ2n) is 7.17. The summed E-state index contributed by atoms with van der Waals surface area (Å²) in [6, 6.07) is 8.40. The summed E-state index contributed by atoms with van der Waals surface area (Å²) in [5, 5.41) is -1.59. The summed E-state index contributed by atoms with van der Waals surface area (Å²) in [6.45, 7) is 1.64. The molecule has 3 rings (SSSR count). The highest BCUT2D eigenvalue weighted by atomic mass is 32.2. The maximum Gasteiger partial charge on any atom is 0.189 e. The molecule has 0 bridgehead atoms. The van der Waals surface area contributed by atoms with Crippen LogP contribution >= 0.6 is 12.2 Å². The van der Waals surface area contributed by atoms with Crippen LogP contribution in [0, 0.1) is 24.4 Å². The molecule has 1 heterocycles. The molecule has 0 radical (unpaired) electrons. The van der Waals surface area contributed by atoms with Gasteiger partial charge in [-0.25, -0.2) is 21.6 Å². The normalized spacial score (nSPS) is 12.5. The number of pyridine rings is 1. The number of sulfone groups is 1. The Morgan fingerprint density at radius 2 is 1.58 bits per heavy atom. The van der Waals surface area contributed by atoms with Gasteiger partial charge in [-0.2, -0.15) is 0 Å². The second-order valence-corrected chi connectivity index (χ2v) is 9.59. The Kier molecular flexibility index (Phi) is 6.47. The predicted molar refractivity (Wildman–Crippen MR) is 116 cm³/mol. The van der Waals surface area contributed by atoms with E-state index in [1.165, 1.54) is 6.20 Å². The van der Waals surface area contributed by atoms with Crippen molar-refractivity contribution in [2.45, 2.75) is 17.1 Å². The highest BCUT2D eigenvalue weighted by Crippen LogP contribution is 2.38. The standard InChI is InChI=1S/C22H19F3N2O2S2/c1-13-10-20(22(30)27(2)3)26-12-18(13)21(17-11-15(24)6-9-19(17)25)31(28,29)16-7-4-14(23)5-8-16/h4-12,21H,1-3H3. The van der Waals surface area contributed by atoms with Crippen LogP contribution in [0.2, 0.25) is 0 Å². The molecule has 9 heteroatoms. The zero-order valence-corrected chi connectivity index (χ0v) is 18.6. The van der Waals surface area contributed by atoms with Crippen LogP contribution in [0.1, 0.15) is 27.6 Å². The number of thiocarbonyl (C=S) groups is 1. The third-order valence-electron chi connectivity index (χ3n) is 4.75. The van der Waals surface area contributed by atoms with Crippen molar-refractivity contribution >= 4 is 27.0 Å². The summed E-state index contributed by atoms with van der Waals surface area (Å²) in [6.07, 6.45) is 1.30. The van der Waals surface area contributed by atoms with Crippen molar-refractivity contribution in [3.8, 4) is 0 Å². The molecule has 0 spiro atoms. The van der Waals surface area contributed by atoms with E-state index < -0.39 is 32.5 Å². The molecule has 0 fully saturated rings. The zero-order chi connectivity index (χ0) is 22.9. The number of rotatable bonds is 5. The summed E-state index contributed by atoms with van der Waals surface area (Å²) in [5.74, 6) is -2.29. The average Bonchev–Trinajstić information content (AvgIpc) is 2.71. The lowest BCUT2D eigenvalue weighted by Crippen LogP contribution is -2.23. The molecule has 4 nitrogen and oxygen atoms in total. The number of aryl methyl sites for hydroxylation is 1. The monoisotopic (exact) mass is 464 g/mol. The number of halogens is 3. The molecule has 1 aromatic heterocycles. The lowest BCUT2D eigenvalue weighted by molar-refractivity contribution is 0.568. The van der Waals surface area contributed by atoms with E-state index in [2.05, 4.69) is 4.98 Å². The molecule has 0 N–H and O–H groups in total. The topological polar surface area (TPSA) is 50.3 Å². The van der Waals surface area contributed by atoms with Crippen LogP contribution in [0.5, 0.6) is 0 Å². The summed E-state index contributed by atoms with van der Waals surface area (Å²) in [4.78, 5) is 6.14. The number of benzene rings is 2. The summed E-state index contributed by atoms with van der Waals surface area (Å²) in [7, 11) is -0.797. The molecule has 0 saturated heterocycles. The van der Waals surface area contributed by atoms with Crippen LogP contribution in [0.3, 0.4) is 0 Å². The first-order valence-electron chi connectivity index (χ1n) is 9.15. The highest BCUT2D eigenvalue weighted by Gasteiger charge is 2.35. The van der Waals surface area contributed by atoms with E-state index in [1.807, 2.05) is 0 Å². The molecule has 0 aliphatic carbocycles. The van der Waals surface area contributed by atoms with Crippen molar-refractivity contribution in [3.63, 3.8) is 0 Å². The Balaban J connectivity index is 2.26. The first-order valence-corrected chi connectivity index (χ1v) is 11.1.